The molecule has 6 rings (SSSR count). The van der Waals surface area contributed by atoms with Crippen molar-refractivity contribution in [1.29, 1.82) is 0 Å². The second-order valence-electron chi connectivity index (χ2n) is 6.59. The molecule has 2 aromatic heterocycles. The van der Waals surface area contributed by atoms with Gasteiger partial charge in [-0.15, -0.1) is 5.10 Å². The Kier molecular flexibility index (Phi) is 2.75. The van der Waals surface area contributed by atoms with Crippen LogP contribution in [0.3, 0.4) is 0 Å². The largest absolute Gasteiger partial charge is 0.454 e. The first-order chi connectivity index (χ1) is 13.3. The van der Waals surface area contributed by atoms with Crippen LogP contribution in [0.5, 0.6) is 11.5 Å². The molecule has 27 heavy (non-hydrogen) atoms. The Morgan fingerprint density at radius 3 is 2.93 bits per heavy atom. The Bertz CT molecular complexity index is 1220. The molecule has 2 aliphatic rings. The van der Waals surface area contributed by atoms with Gasteiger partial charge in [-0.1, -0.05) is 30.3 Å². The summed E-state index contributed by atoms with van der Waals surface area (Å²) in [5, 5.41) is 8.01. The first kappa shape index (κ1) is 14.4. The zero-order valence-electron chi connectivity index (χ0n) is 14.2. The fourth-order valence-electron chi connectivity index (χ4n) is 3.96. The maximum atomic E-state index is 5.96. The molecule has 0 radical (unpaired) electrons. The summed E-state index contributed by atoms with van der Waals surface area (Å²) in [4.78, 5) is 4.56. The molecular formula is C20H15N5O2. The highest BCUT2D eigenvalue weighted by Crippen LogP contribution is 2.46. The van der Waals surface area contributed by atoms with Crippen LogP contribution in [0.2, 0.25) is 0 Å². The Balaban J connectivity index is 1.69. The minimum atomic E-state index is -0.138. The van der Waals surface area contributed by atoms with Crippen LogP contribution in [0, 0.1) is 0 Å². The van der Waals surface area contributed by atoms with Crippen molar-refractivity contribution in [3.63, 3.8) is 0 Å². The summed E-state index contributed by atoms with van der Waals surface area (Å²) in [5.74, 6) is 1.77. The fourth-order valence-corrected chi connectivity index (χ4v) is 3.96. The summed E-state index contributed by atoms with van der Waals surface area (Å²) in [6.07, 6.45) is 1.91. The Labute approximate surface area is 154 Å². The van der Waals surface area contributed by atoms with Crippen LogP contribution >= 0.6 is 0 Å². The number of nitrogens with two attached hydrogens (primary N) is 1. The van der Waals surface area contributed by atoms with Gasteiger partial charge in [0.05, 0.1) is 11.6 Å². The van der Waals surface area contributed by atoms with Crippen LogP contribution < -0.4 is 20.5 Å². The SMILES string of the molecule is Nc1nc2c3c(ccn3n1)C(c1cccc3c1OCO3)Nc1ccccc1-2. The Morgan fingerprint density at radius 1 is 1.04 bits per heavy atom. The van der Waals surface area contributed by atoms with Crippen LogP contribution in [-0.2, 0) is 0 Å². The van der Waals surface area contributed by atoms with Gasteiger partial charge in [0.2, 0.25) is 12.7 Å². The molecule has 7 heteroatoms. The van der Waals surface area contributed by atoms with E-state index in [0.29, 0.717) is 0 Å². The number of hydrogen-bond acceptors (Lipinski definition) is 6. The third-order valence-electron chi connectivity index (χ3n) is 5.09. The van der Waals surface area contributed by atoms with Crippen LogP contribution in [0.25, 0.3) is 16.8 Å². The number of aromatic nitrogens is 3. The maximum Gasteiger partial charge on any atom is 0.238 e. The van der Waals surface area contributed by atoms with Crippen molar-refractivity contribution < 1.29 is 9.47 Å². The molecule has 3 N–H and O–H groups in total. The number of ether oxygens (including phenoxy) is 2. The molecule has 132 valence electrons. The van der Waals surface area contributed by atoms with E-state index >= 15 is 0 Å². The Hall–Kier alpha value is -3.74. The van der Waals surface area contributed by atoms with Gasteiger partial charge in [0.25, 0.3) is 0 Å². The topological polar surface area (TPSA) is 86.7 Å². The molecule has 0 bridgehead atoms. The summed E-state index contributed by atoms with van der Waals surface area (Å²) >= 11 is 0. The monoisotopic (exact) mass is 357 g/mol. The number of nitrogen functional groups attached to an aromatic ring is 1. The highest BCUT2D eigenvalue weighted by atomic mass is 16.7. The molecule has 2 aromatic carbocycles. The summed E-state index contributed by atoms with van der Waals surface area (Å²) < 4.78 is 13.1. The fraction of sp³-hybridized carbons (Fsp3) is 0.100. The smallest absolute Gasteiger partial charge is 0.238 e. The van der Waals surface area contributed by atoms with E-state index in [0.717, 1.165) is 45.1 Å². The summed E-state index contributed by atoms with van der Waals surface area (Å²) in [6, 6.07) is 16.0. The highest BCUT2D eigenvalue weighted by molar-refractivity contribution is 5.90. The number of benzene rings is 2. The minimum Gasteiger partial charge on any atom is -0.454 e. The summed E-state index contributed by atoms with van der Waals surface area (Å²) in [7, 11) is 0. The highest BCUT2D eigenvalue weighted by Gasteiger charge is 2.31. The predicted molar refractivity (Wildman–Crippen MR) is 101 cm³/mol. The maximum absolute atomic E-state index is 5.96. The molecule has 0 saturated carbocycles. The lowest BCUT2D eigenvalue weighted by Crippen LogP contribution is -2.12. The molecule has 0 saturated heterocycles. The second-order valence-corrected chi connectivity index (χ2v) is 6.59. The van der Waals surface area contributed by atoms with E-state index in [2.05, 4.69) is 21.5 Å². The number of nitrogens with zero attached hydrogens (tertiary/aromatic N) is 3. The van der Waals surface area contributed by atoms with E-state index in [1.165, 1.54) is 0 Å². The van der Waals surface area contributed by atoms with Crippen molar-refractivity contribution in [2.45, 2.75) is 6.04 Å². The van der Waals surface area contributed by atoms with Crippen LogP contribution in [0.15, 0.2) is 54.7 Å². The van der Waals surface area contributed by atoms with Gasteiger partial charge in [0.15, 0.2) is 11.5 Å². The molecule has 0 amide bonds. The van der Waals surface area contributed by atoms with Crippen molar-refractivity contribution in [1.82, 2.24) is 14.6 Å². The molecule has 0 fully saturated rings. The molecule has 4 heterocycles. The first-order valence-electron chi connectivity index (χ1n) is 8.69. The van der Waals surface area contributed by atoms with Crippen molar-refractivity contribution in [3.8, 4) is 22.8 Å². The normalized spacial score (nSPS) is 16.7. The number of nitrogens with one attached hydrogen (secondary N) is 1. The van der Waals surface area contributed by atoms with Crippen molar-refractivity contribution in [2.24, 2.45) is 0 Å². The Morgan fingerprint density at radius 2 is 1.96 bits per heavy atom. The van der Waals surface area contributed by atoms with Gasteiger partial charge >= 0.3 is 0 Å². The summed E-state index contributed by atoms with van der Waals surface area (Å²) in [5.41, 5.74) is 11.8. The van der Waals surface area contributed by atoms with Gasteiger partial charge in [-0.25, -0.2) is 9.50 Å². The zero-order chi connectivity index (χ0) is 18.0. The van der Waals surface area contributed by atoms with Crippen LogP contribution in [-0.4, -0.2) is 21.4 Å². The zero-order valence-corrected chi connectivity index (χ0v) is 14.2. The molecule has 4 aromatic rings. The lowest BCUT2D eigenvalue weighted by atomic mass is 9.98. The van der Waals surface area contributed by atoms with Crippen molar-refractivity contribution in [2.75, 3.05) is 17.8 Å². The van der Waals surface area contributed by atoms with E-state index in [1.807, 2.05) is 48.7 Å². The number of anilines is 2. The molecule has 1 unspecified atom stereocenters. The van der Waals surface area contributed by atoms with E-state index in [-0.39, 0.29) is 18.8 Å². The van der Waals surface area contributed by atoms with Gasteiger partial charge < -0.3 is 20.5 Å². The molecule has 2 aliphatic heterocycles. The van der Waals surface area contributed by atoms with Crippen LogP contribution in [0.4, 0.5) is 11.6 Å². The quantitative estimate of drug-likeness (QED) is 0.544. The molecular weight excluding hydrogens is 342 g/mol. The van der Waals surface area contributed by atoms with Crippen molar-refractivity contribution in [3.05, 3.63) is 65.9 Å². The molecule has 1 atom stereocenters. The number of hydrogen-bond donors (Lipinski definition) is 2. The predicted octanol–water partition coefficient (Wildman–Crippen LogP) is 3.22. The molecule has 7 nitrogen and oxygen atoms in total. The first-order valence-corrected chi connectivity index (χ1v) is 8.69. The third kappa shape index (κ3) is 1.96. The second kappa shape index (κ2) is 5.14. The van der Waals surface area contributed by atoms with Gasteiger partial charge in [-0.3, -0.25) is 0 Å². The average Bonchev–Trinajstić information content (AvgIpc) is 3.29. The van der Waals surface area contributed by atoms with Crippen LogP contribution in [0.1, 0.15) is 17.2 Å². The minimum absolute atomic E-state index is 0.138. The van der Waals surface area contributed by atoms with E-state index in [1.54, 1.807) is 4.52 Å². The summed E-state index contributed by atoms with van der Waals surface area (Å²) in [6.45, 7) is 0.233. The van der Waals surface area contributed by atoms with E-state index in [9.17, 15) is 0 Å². The number of rotatable bonds is 1. The van der Waals surface area contributed by atoms with Gasteiger partial charge in [-0.05, 0) is 18.2 Å². The lowest BCUT2D eigenvalue weighted by molar-refractivity contribution is 0.173. The van der Waals surface area contributed by atoms with E-state index in [4.69, 9.17) is 15.2 Å². The molecule has 0 spiro atoms. The third-order valence-corrected chi connectivity index (χ3v) is 5.09. The van der Waals surface area contributed by atoms with Gasteiger partial charge in [-0.2, -0.15) is 0 Å². The lowest BCUT2D eigenvalue weighted by Gasteiger charge is -2.20. The van der Waals surface area contributed by atoms with Crippen molar-refractivity contribution >= 4 is 17.2 Å². The number of fused-ring (bicyclic) bond motifs is 3. The average molecular weight is 357 g/mol. The van der Waals surface area contributed by atoms with Gasteiger partial charge in [0.1, 0.15) is 5.69 Å². The number of para-hydroxylation sites is 2. The molecule has 0 aliphatic carbocycles. The van der Waals surface area contributed by atoms with Gasteiger partial charge in [0, 0.05) is 28.6 Å². The van der Waals surface area contributed by atoms with E-state index < -0.39 is 0 Å². The standard InChI is InChI=1S/C20H15N5O2/c21-20-23-17-11-4-1-2-6-14(11)22-16(12-8-9-25(24-20)18(12)17)13-5-3-7-15-19(13)27-10-26-15/h1-9,16,22H,10H2,(H2,21,24).